The van der Waals surface area contributed by atoms with Crippen molar-refractivity contribution in [1.29, 1.82) is 0 Å². The van der Waals surface area contributed by atoms with Crippen LogP contribution in [0.15, 0.2) is 29.3 Å². The summed E-state index contributed by atoms with van der Waals surface area (Å²) >= 11 is 0. The molecule has 2 heterocycles. The predicted octanol–water partition coefficient (Wildman–Crippen LogP) is 2.73. The van der Waals surface area contributed by atoms with Gasteiger partial charge in [0.2, 0.25) is 5.91 Å². The zero-order chi connectivity index (χ0) is 20.9. The molecular weight excluding hydrogens is 510 g/mol. The van der Waals surface area contributed by atoms with Crippen LogP contribution in [0.25, 0.3) is 0 Å². The molecule has 0 radical (unpaired) electrons. The number of carbonyl (C=O) groups excluding carboxylic acids is 1. The third kappa shape index (κ3) is 7.60. The van der Waals surface area contributed by atoms with Crippen molar-refractivity contribution in [2.45, 2.75) is 44.6 Å². The number of rotatable bonds is 6. The maximum atomic E-state index is 12.5. The largest absolute Gasteiger partial charge is 0.401 e. The number of amides is 1. The fourth-order valence-electron chi connectivity index (χ4n) is 3.85. The number of halogens is 4. The average Bonchev–Trinajstić information content (AvgIpc) is 3.26. The minimum Gasteiger partial charge on any atom is -0.352 e. The highest BCUT2D eigenvalue weighted by Crippen LogP contribution is 2.20. The lowest BCUT2D eigenvalue weighted by molar-refractivity contribution is -0.143. The molecule has 2 fully saturated rings. The first kappa shape index (κ1) is 24.7. The van der Waals surface area contributed by atoms with E-state index in [1.165, 1.54) is 4.90 Å². The van der Waals surface area contributed by atoms with Gasteiger partial charge in [0.15, 0.2) is 5.96 Å². The van der Waals surface area contributed by atoms with Crippen molar-refractivity contribution in [3.63, 3.8) is 0 Å². The standard InChI is InChI=1S/C20H28F3N5O.HI/c1-24-19(26-17-7-9-27(13-17)14-20(21,22)23)25-11-15-4-2-5-16(10-15)12-28-8-3-6-18(28)29;/h2,4-5,10,17H,3,6-9,11-14H2,1H3,(H2,24,25,26);1H. The summed E-state index contributed by atoms with van der Waals surface area (Å²) in [5, 5.41) is 6.43. The Morgan fingerprint density at radius 1 is 1.27 bits per heavy atom. The molecule has 1 unspecified atom stereocenters. The smallest absolute Gasteiger partial charge is 0.352 e. The van der Waals surface area contributed by atoms with Gasteiger partial charge in [-0.1, -0.05) is 24.3 Å². The number of nitrogens with one attached hydrogen (secondary N) is 2. The second-order valence-electron chi connectivity index (χ2n) is 7.64. The van der Waals surface area contributed by atoms with Gasteiger partial charge in [-0.05, 0) is 24.0 Å². The number of nitrogens with zero attached hydrogens (tertiary/aromatic N) is 3. The van der Waals surface area contributed by atoms with Crippen LogP contribution in [0, 0.1) is 0 Å². The van der Waals surface area contributed by atoms with Crippen molar-refractivity contribution in [2.75, 3.05) is 33.2 Å². The van der Waals surface area contributed by atoms with E-state index >= 15 is 0 Å². The minimum atomic E-state index is -4.17. The van der Waals surface area contributed by atoms with Crippen molar-refractivity contribution in [3.8, 4) is 0 Å². The summed E-state index contributed by atoms with van der Waals surface area (Å²) in [5.74, 6) is 0.776. The molecule has 6 nitrogen and oxygen atoms in total. The first-order valence-corrected chi connectivity index (χ1v) is 9.94. The molecule has 1 aromatic rings. The fourth-order valence-corrected chi connectivity index (χ4v) is 3.85. The van der Waals surface area contributed by atoms with Crippen molar-refractivity contribution in [1.82, 2.24) is 20.4 Å². The zero-order valence-corrected chi connectivity index (χ0v) is 19.4. The van der Waals surface area contributed by atoms with Crippen LogP contribution in [0.5, 0.6) is 0 Å². The van der Waals surface area contributed by atoms with Crippen LogP contribution in [0.3, 0.4) is 0 Å². The molecule has 30 heavy (non-hydrogen) atoms. The number of carbonyl (C=O) groups is 1. The van der Waals surface area contributed by atoms with Crippen LogP contribution >= 0.6 is 24.0 Å². The quantitative estimate of drug-likeness (QED) is 0.332. The SMILES string of the molecule is CN=C(NCc1cccc(CN2CCCC2=O)c1)NC1CCN(CC(F)(F)F)C1.I. The number of hydrogen-bond donors (Lipinski definition) is 2. The number of benzene rings is 1. The average molecular weight is 539 g/mol. The van der Waals surface area contributed by atoms with Crippen LogP contribution in [0.2, 0.25) is 0 Å². The third-order valence-corrected chi connectivity index (χ3v) is 5.24. The molecule has 1 amide bonds. The molecule has 2 aliphatic rings. The lowest BCUT2D eigenvalue weighted by atomic mass is 10.1. The highest BCUT2D eigenvalue weighted by molar-refractivity contribution is 14.0. The molecule has 0 aliphatic carbocycles. The number of hydrogen-bond acceptors (Lipinski definition) is 3. The van der Waals surface area contributed by atoms with Crippen LogP contribution < -0.4 is 10.6 Å². The Morgan fingerprint density at radius 3 is 2.70 bits per heavy atom. The summed E-state index contributed by atoms with van der Waals surface area (Å²) in [6.45, 7) is 1.87. The van der Waals surface area contributed by atoms with E-state index in [4.69, 9.17) is 0 Å². The molecule has 3 rings (SSSR count). The third-order valence-electron chi connectivity index (χ3n) is 5.24. The van der Waals surface area contributed by atoms with E-state index in [2.05, 4.69) is 21.7 Å². The van der Waals surface area contributed by atoms with E-state index in [1.807, 2.05) is 23.1 Å². The first-order valence-electron chi connectivity index (χ1n) is 9.94. The van der Waals surface area contributed by atoms with Crippen molar-refractivity contribution in [3.05, 3.63) is 35.4 Å². The maximum absolute atomic E-state index is 12.5. The molecule has 2 N–H and O–H groups in total. The Balaban J connectivity index is 0.00000320. The molecule has 1 atom stereocenters. The highest BCUT2D eigenvalue weighted by atomic mass is 127. The number of likely N-dealkylation sites (tertiary alicyclic amines) is 2. The summed E-state index contributed by atoms with van der Waals surface area (Å²) in [5.41, 5.74) is 2.14. The normalized spacial score (nSPS) is 20.4. The second kappa shape index (κ2) is 11.2. The first-order chi connectivity index (χ1) is 13.8. The molecule has 0 aromatic heterocycles. The van der Waals surface area contributed by atoms with Crippen LogP contribution in [0.4, 0.5) is 13.2 Å². The topological polar surface area (TPSA) is 60.0 Å². The Kier molecular flexibility index (Phi) is 9.20. The van der Waals surface area contributed by atoms with Crippen LogP contribution in [-0.2, 0) is 17.9 Å². The molecule has 168 valence electrons. The maximum Gasteiger partial charge on any atom is 0.401 e. The molecule has 0 saturated carbocycles. The Hall–Kier alpha value is -1.56. The second-order valence-corrected chi connectivity index (χ2v) is 7.64. The Morgan fingerprint density at radius 2 is 2.03 bits per heavy atom. The number of alkyl halides is 3. The predicted molar refractivity (Wildman–Crippen MR) is 121 cm³/mol. The van der Waals surface area contributed by atoms with Gasteiger partial charge >= 0.3 is 6.18 Å². The Bertz CT molecular complexity index is 743. The summed E-state index contributed by atoms with van der Waals surface area (Å²) in [6, 6.07) is 7.98. The van der Waals surface area contributed by atoms with Crippen LogP contribution in [-0.4, -0.2) is 67.1 Å². The molecular formula is C20H29F3IN5O. The highest BCUT2D eigenvalue weighted by Gasteiger charge is 2.34. The van der Waals surface area contributed by atoms with E-state index < -0.39 is 12.7 Å². The molecule has 2 aliphatic heterocycles. The number of guanidine groups is 1. The van der Waals surface area contributed by atoms with E-state index in [-0.39, 0.29) is 35.9 Å². The summed E-state index contributed by atoms with van der Waals surface area (Å²) in [7, 11) is 1.65. The fraction of sp³-hybridized carbons (Fsp3) is 0.600. The van der Waals surface area contributed by atoms with Crippen molar-refractivity contribution >= 4 is 35.8 Å². The van der Waals surface area contributed by atoms with Gasteiger partial charge in [0.25, 0.3) is 0 Å². The van der Waals surface area contributed by atoms with Crippen LogP contribution in [0.1, 0.15) is 30.4 Å². The number of aliphatic imine (C=N–C) groups is 1. The van der Waals surface area contributed by atoms with Crippen molar-refractivity contribution in [2.24, 2.45) is 4.99 Å². The van der Waals surface area contributed by atoms with E-state index in [0.717, 1.165) is 24.1 Å². The van der Waals surface area contributed by atoms with Crippen molar-refractivity contribution < 1.29 is 18.0 Å². The van der Waals surface area contributed by atoms with Gasteiger partial charge in [-0.15, -0.1) is 24.0 Å². The van der Waals surface area contributed by atoms with Gasteiger partial charge < -0.3 is 15.5 Å². The van der Waals surface area contributed by atoms with Gasteiger partial charge in [-0.3, -0.25) is 14.7 Å². The van der Waals surface area contributed by atoms with Gasteiger partial charge in [0, 0.05) is 52.2 Å². The van der Waals surface area contributed by atoms with Gasteiger partial charge in [0.1, 0.15) is 0 Å². The van der Waals surface area contributed by atoms with Gasteiger partial charge in [-0.2, -0.15) is 13.2 Å². The van der Waals surface area contributed by atoms with E-state index in [0.29, 0.717) is 45.0 Å². The molecule has 0 bridgehead atoms. The lowest BCUT2D eigenvalue weighted by Gasteiger charge is -2.20. The molecule has 2 saturated heterocycles. The zero-order valence-electron chi connectivity index (χ0n) is 17.0. The molecule has 10 heteroatoms. The van der Waals surface area contributed by atoms with Gasteiger partial charge in [-0.25, -0.2) is 0 Å². The Labute approximate surface area is 192 Å². The lowest BCUT2D eigenvalue weighted by Crippen LogP contribution is -2.44. The van der Waals surface area contributed by atoms with Gasteiger partial charge in [0.05, 0.1) is 6.54 Å². The van der Waals surface area contributed by atoms with E-state index in [1.54, 1.807) is 7.05 Å². The molecule has 0 spiro atoms. The summed E-state index contributed by atoms with van der Waals surface area (Å²) in [4.78, 5) is 19.3. The monoisotopic (exact) mass is 539 g/mol. The summed E-state index contributed by atoms with van der Waals surface area (Å²) in [6.07, 6.45) is -1.97. The van der Waals surface area contributed by atoms with E-state index in [9.17, 15) is 18.0 Å². The summed E-state index contributed by atoms with van der Waals surface area (Å²) < 4.78 is 37.6. The molecule has 1 aromatic carbocycles. The minimum absolute atomic E-state index is 0.